The van der Waals surface area contributed by atoms with Crippen molar-refractivity contribution in [3.8, 4) is 11.5 Å². The predicted octanol–water partition coefficient (Wildman–Crippen LogP) is 2.18. The van der Waals surface area contributed by atoms with Gasteiger partial charge in [-0.25, -0.2) is 0 Å². The second-order valence-electron chi connectivity index (χ2n) is 7.55. The number of nitrogens with zero attached hydrogens (tertiary/aromatic N) is 2. The SMILES string of the molecule is CCOc1cc(C=NN2C(=O)[C@@H]3[C@H]4C=C[C@@H]([C@@H]5C[C@H]45)[C@@H]3C2=O)ccc1O. The Morgan fingerprint density at radius 3 is 2.46 bits per heavy atom. The van der Waals surface area contributed by atoms with Gasteiger partial charge in [-0.3, -0.25) is 9.59 Å². The maximum absolute atomic E-state index is 12.8. The second-order valence-corrected chi connectivity index (χ2v) is 7.55. The molecule has 1 N–H and O–H groups in total. The van der Waals surface area contributed by atoms with Crippen LogP contribution in [0, 0.1) is 35.5 Å². The van der Waals surface area contributed by atoms with E-state index < -0.39 is 0 Å². The first-order chi connectivity index (χ1) is 12.6. The third-order valence-electron chi connectivity index (χ3n) is 6.25. The minimum atomic E-state index is -0.239. The zero-order chi connectivity index (χ0) is 18.0. The maximum atomic E-state index is 12.8. The number of aromatic hydroxyl groups is 1. The Bertz CT molecular complexity index is 825. The van der Waals surface area contributed by atoms with Crippen molar-refractivity contribution in [2.45, 2.75) is 13.3 Å². The van der Waals surface area contributed by atoms with E-state index in [1.54, 1.807) is 12.1 Å². The van der Waals surface area contributed by atoms with E-state index in [0.29, 0.717) is 29.8 Å². The Morgan fingerprint density at radius 1 is 1.19 bits per heavy atom. The molecule has 2 amide bonds. The summed E-state index contributed by atoms with van der Waals surface area (Å²) in [4.78, 5) is 25.7. The lowest BCUT2D eigenvalue weighted by molar-refractivity contribution is -0.140. The standard InChI is InChI=1S/C20H20N2O4/c1-2-26-16-7-10(3-6-15(16)23)9-21-22-19(24)17-11-4-5-12(14-8-13(11)14)18(17)20(22)25/h3-7,9,11-14,17-18,23H,2,8H2,1H3/t11-,12-,13-,14+,17-,18+/m0/s1. The summed E-state index contributed by atoms with van der Waals surface area (Å²) in [5.74, 6) is 1.13. The van der Waals surface area contributed by atoms with E-state index in [1.807, 2.05) is 6.92 Å². The van der Waals surface area contributed by atoms with E-state index in [1.165, 1.54) is 12.3 Å². The molecule has 6 atom stereocenters. The van der Waals surface area contributed by atoms with Gasteiger partial charge < -0.3 is 9.84 Å². The molecule has 5 aliphatic rings. The Labute approximate surface area is 151 Å². The Kier molecular flexibility index (Phi) is 3.26. The normalized spacial score (nSPS) is 36.6. The molecule has 6 nitrogen and oxygen atoms in total. The van der Waals surface area contributed by atoms with Gasteiger partial charge in [-0.2, -0.15) is 10.1 Å². The minimum absolute atomic E-state index is 0.0465. The number of phenolic OH excluding ortho intramolecular Hbond substituents is 1. The number of carbonyl (C=O) groups is 2. The molecule has 0 radical (unpaired) electrons. The summed E-state index contributed by atoms with van der Waals surface area (Å²) >= 11 is 0. The number of phenols is 1. The van der Waals surface area contributed by atoms with Gasteiger partial charge in [-0.05, 0) is 60.8 Å². The molecular weight excluding hydrogens is 332 g/mol. The van der Waals surface area contributed by atoms with Gasteiger partial charge in [-0.15, -0.1) is 0 Å². The van der Waals surface area contributed by atoms with Crippen molar-refractivity contribution in [3.63, 3.8) is 0 Å². The number of allylic oxidation sites excluding steroid dienone is 2. The summed E-state index contributed by atoms with van der Waals surface area (Å²) in [5.41, 5.74) is 0.658. The Morgan fingerprint density at radius 2 is 1.85 bits per heavy atom. The average Bonchev–Trinajstić information content (AvgIpc) is 3.42. The van der Waals surface area contributed by atoms with Crippen LogP contribution in [-0.2, 0) is 9.59 Å². The van der Waals surface area contributed by atoms with Crippen LogP contribution in [0.2, 0.25) is 0 Å². The number of amides is 2. The highest BCUT2D eigenvalue weighted by atomic mass is 16.5. The number of benzene rings is 1. The summed E-state index contributed by atoms with van der Waals surface area (Å²) in [6, 6.07) is 4.82. The van der Waals surface area contributed by atoms with Gasteiger partial charge in [0.15, 0.2) is 11.5 Å². The number of rotatable bonds is 4. The molecule has 6 rings (SSSR count). The molecule has 1 heterocycles. The van der Waals surface area contributed by atoms with Gasteiger partial charge in [-0.1, -0.05) is 12.2 Å². The van der Waals surface area contributed by atoms with Crippen LogP contribution >= 0.6 is 0 Å². The zero-order valence-electron chi connectivity index (χ0n) is 14.4. The van der Waals surface area contributed by atoms with Crippen molar-refractivity contribution in [2.75, 3.05) is 6.61 Å². The smallest absolute Gasteiger partial charge is 0.254 e. The lowest BCUT2D eigenvalue weighted by Crippen LogP contribution is -2.40. The van der Waals surface area contributed by atoms with Crippen molar-refractivity contribution in [2.24, 2.45) is 40.6 Å². The lowest BCUT2D eigenvalue weighted by Gasteiger charge is -2.37. The molecule has 3 fully saturated rings. The lowest BCUT2D eigenvalue weighted by atomic mass is 9.63. The third-order valence-corrected chi connectivity index (χ3v) is 6.25. The molecule has 26 heavy (non-hydrogen) atoms. The molecule has 0 aromatic heterocycles. The summed E-state index contributed by atoms with van der Waals surface area (Å²) in [5, 5.41) is 15.0. The van der Waals surface area contributed by atoms with Crippen LogP contribution < -0.4 is 4.74 Å². The van der Waals surface area contributed by atoms with Gasteiger partial charge >= 0.3 is 0 Å². The number of hydrogen-bond donors (Lipinski definition) is 1. The minimum Gasteiger partial charge on any atom is -0.504 e. The monoisotopic (exact) mass is 352 g/mol. The number of hydrazone groups is 1. The molecule has 1 aromatic rings. The van der Waals surface area contributed by atoms with Crippen molar-refractivity contribution in [1.82, 2.24) is 5.01 Å². The van der Waals surface area contributed by atoms with Crippen LogP contribution in [0.5, 0.6) is 11.5 Å². The predicted molar refractivity (Wildman–Crippen MR) is 93.4 cm³/mol. The highest BCUT2D eigenvalue weighted by molar-refractivity contribution is 6.06. The molecule has 134 valence electrons. The summed E-state index contributed by atoms with van der Waals surface area (Å²) < 4.78 is 5.35. The van der Waals surface area contributed by atoms with Crippen LogP contribution in [0.15, 0.2) is 35.5 Å². The fourth-order valence-corrected chi connectivity index (χ4v) is 5.06. The first-order valence-electron chi connectivity index (χ1n) is 9.16. The van der Waals surface area contributed by atoms with Crippen molar-refractivity contribution in [3.05, 3.63) is 35.9 Å². The van der Waals surface area contributed by atoms with E-state index in [-0.39, 0.29) is 41.2 Å². The van der Waals surface area contributed by atoms with Crippen LogP contribution in [0.1, 0.15) is 18.9 Å². The van der Waals surface area contributed by atoms with Crippen LogP contribution in [0.25, 0.3) is 0 Å². The van der Waals surface area contributed by atoms with E-state index >= 15 is 0 Å². The molecule has 2 saturated carbocycles. The Hall–Kier alpha value is -2.63. The summed E-state index contributed by atoms with van der Waals surface area (Å²) in [6.45, 7) is 2.26. The number of ether oxygens (including phenoxy) is 1. The van der Waals surface area contributed by atoms with E-state index in [9.17, 15) is 14.7 Å². The van der Waals surface area contributed by atoms with Gasteiger partial charge in [0.05, 0.1) is 24.7 Å². The molecule has 2 bridgehead atoms. The van der Waals surface area contributed by atoms with Crippen molar-refractivity contribution in [1.29, 1.82) is 0 Å². The quantitative estimate of drug-likeness (QED) is 0.512. The van der Waals surface area contributed by atoms with E-state index in [0.717, 1.165) is 11.4 Å². The summed E-state index contributed by atoms with van der Waals surface area (Å²) in [6.07, 6.45) is 6.91. The van der Waals surface area contributed by atoms with Gasteiger partial charge in [0.25, 0.3) is 11.8 Å². The van der Waals surface area contributed by atoms with Crippen molar-refractivity contribution < 1.29 is 19.4 Å². The van der Waals surface area contributed by atoms with Gasteiger partial charge in [0.2, 0.25) is 0 Å². The van der Waals surface area contributed by atoms with Gasteiger partial charge in [0.1, 0.15) is 0 Å². The number of carbonyl (C=O) groups excluding carboxylic acids is 2. The molecule has 0 unspecified atom stereocenters. The van der Waals surface area contributed by atoms with E-state index in [4.69, 9.17) is 4.74 Å². The first kappa shape index (κ1) is 15.6. The van der Waals surface area contributed by atoms with Crippen LogP contribution in [-0.4, -0.2) is 34.8 Å². The second kappa shape index (κ2) is 5.43. The molecule has 6 heteroatoms. The molecule has 4 aliphatic carbocycles. The average molecular weight is 352 g/mol. The Balaban J connectivity index is 1.40. The molecule has 0 spiro atoms. The van der Waals surface area contributed by atoms with E-state index in [2.05, 4.69) is 17.3 Å². The zero-order valence-corrected chi connectivity index (χ0v) is 14.4. The topological polar surface area (TPSA) is 79.2 Å². The third kappa shape index (κ3) is 2.08. The summed E-state index contributed by atoms with van der Waals surface area (Å²) in [7, 11) is 0. The molecule has 1 aromatic carbocycles. The number of imide groups is 1. The number of hydrogen-bond acceptors (Lipinski definition) is 5. The van der Waals surface area contributed by atoms with Crippen LogP contribution in [0.4, 0.5) is 0 Å². The molecule has 1 saturated heterocycles. The van der Waals surface area contributed by atoms with Crippen LogP contribution in [0.3, 0.4) is 0 Å². The highest BCUT2D eigenvalue weighted by Gasteiger charge is 2.67. The largest absolute Gasteiger partial charge is 0.504 e. The van der Waals surface area contributed by atoms with Crippen molar-refractivity contribution >= 4 is 18.0 Å². The van der Waals surface area contributed by atoms with Gasteiger partial charge in [0, 0.05) is 0 Å². The molecule has 1 aliphatic heterocycles. The maximum Gasteiger partial charge on any atom is 0.254 e. The first-order valence-corrected chi connectivity index (χ1v) is 9.16. The highest BCUT2D eigenvalue weighted by Crippen LogP contribution is 2.65. The fraction of sp³-hybridized carbons (Fsp3) is 0.450. The molecular formula is C20H20N2O4. The fourth-order valence-electron chi connectivity index (χ4n) is 5.06.